The molecule has 1 saturated heterocycles. The summed E-state index contributed by atoms with van der Waals surface area (Å²) in [6.45, 7) is 3.73. The van der Waals surface area contributed by atoms with Crippen LogP contribution in [0.4, 0.5) is 5.95 Å². The van der Waals surface area contributed by atoms with E-state index in [2.05, 4.69) is 17.2 Å². The molecule has 0 aromatic carbocycles. The minimum absolute atomic E-state index is 0.109. The topological polar surface area (TPSA) is 50.2 Å². The van der Waals surface area contributed by atoms with Crippen LogP contribution in [0.1, 0.15) is 13.3 Å². The fraction of sp³-hybridized carbons (Fsp3) is 0.600. The van der Waals surface area contributed by atoms with Crippen molar-refractivity contribution in [1.29, 1.82) is 0 Å². The van der Waals surface area contributed by atoms with Gasteiger partial charge in [0.2, 0.25) is 11.9 Å². The molecule has 0 aliphatic carbocycles. The first-order valence-corrected chi connectivity index (χ1v) is 5.25. The van der Waals surface area contributed by atoms with Crippen LogP contribution in [0.25, 0.3) is 0 Å². The number of imidazole rings is 1. The van der Waals surface area contributed by atoms with Gasteiger partial charge in [0, 0.05) is 32.5 Å². The normalized spacial score (nSPS) is 21.1. The molecular weight excluding hydrogens is 192 g/mol. The molecular formula is C10H16N4O. The number of hydrogen-bond acceptors (Lipinski definition) is 3. The van der Waals surface area contributed by atoms with Crippen LogP contribution in [0.3, 0.4) is 0 Å². The molecule has 2 heterocycles. The van der Waals surface area contributed by atoms with Gasteiger partial charge >= 0.3 is 0 Å². The van der Waals surface area contributed by atoms with E-state index in [1.807, 2.05) is 17.8 Å². The lowest BCUT2D eigenvalue weighted by Gasteiger charge is -2.13. The molecule has 1 amide bonds. The zero-order chi connectivity index (χ0) is 10.8. The summed E-state index contributed by atoms with van der Waals surface area (Å²) < 4.78 is 1.99. The number of carbonyl (C=O) groups excluding carboxylic acids is 1. The number of likely N-dealkylation sites (tertiary alicyclic amines) is 1. The summed E-state index contributed by atoms with van der Waals surface area (Å²) in [7, 11) is 1.83. The van der Waals surface area contributed by atoms with E-state index in [-0.39, 0.29) is 11.9 Å². The van der Waals surface area contributed by atoms with Gasteiger partial charge in [0.15, 0.2) is 0 Å². The van der Waals surface area contributed by atoms with Gasteiger partial charge in [-0.25, -0.2) is 4.98 Å². The SMILES string of the molecule is CCn1ccnc1NC1CCN(C)C1=O. The minimum atomic E-state index is -0.109. The van der Waals surface area contributed by atoms with E-state index in [4.69, 9.17) is 0 Å². The molecule has 1 aliphatic heterocycles. The highest BCUT2D eigenvalue weighted by atomic mass is 16.2. The Balaban J connectivity index is 2.06. The quantitative estimate of drug-likeness (QED) is 0.789. The molecule has 1 unspecified atom stereocenters. The molecule has 1 atom stereocenters. The molecule has 5 heteroatoms. The van der Waals surface area contributed by atoms with E-state index in [1.54, 1.807) is 11.1 Å². The molecule has 0 bridgehead atoms. The Labute approximate surface area is 89.1 Å². The lowest BCUT2D eigenvalue weighted by molar-refractivity contribution is -0.127. The lowest BCUT2D eigenvalue weighted by Crippen LogP contribution is -2.31. The highest BCUT2D eigenvalue weighted by Crippen LogP contribution is 2.14. The van der Waals surface area contributed by atoms with E-state index in [1.165, 1.54) is 0 Å². The van der Waals surface area contributed by atoms with Crippen molar-refractivity contribution < 1.29 is 4.79 Å². The first kappa shape index (κ1) is 10.0. The second-order valence-electron chi connectivity index (χ2n) is 3.78. The van der Waals surface area contributed by atoms with Gasteiger partial charge in [0.1, 0.15) is 6.04 Å². The Morgan fingerprint density at radius 3 is 3.07 bits per heavy atom. The predicted molar refractivity (Wildman–Crippen MR) is 57.6 cm³/mol. The molecule has 1 fully saturated rings. The summed E-state index contributed by atoms with van der Waals surface area (Å²) in [6, 6.07) is -0.109. The number of nitrogens with zero attached hydrogens (tertiary/aromatic N) is 3. The van der Waals surface area contributed by atoms with Crippen LogP contribution in [0.2, 0.25) is 0 Å². The fourth-order valence-electron chi connectivity index (χ4n) is 1.82. The van der Waals surface area contributed by atoms with Crippen LogP contribution < -0.4 is 5.32 Å². The molecule has 0 spiro atoms. The summed E-state index contributed by atoms with van der Waals surface area (Å²) in [5.41, 5.74) is 0. The fourth-order valence-corrected chi connectivity index (χ4v) is 1.82. The van der Waals surface area contributed by atoms with Crippen molar-refractivity contribution in [2.24, 2.45) is 0 Å². The van der Waals surface area contributed by atoms with Crippen LogP contribution in [0.15, 0.2) is 12.4 Å². The number of hydrogen-bond donors (Lipinski definition) is 1. The van der Waals surface area contributed by atoms with E-state index >= 15 is 0 Å². The smallest absolute Gasteiger partial charge is 0.244 e. The van der Waals surface area contributed by atoms with E-state index < -0.39 is 0 Å². The van der Waals surface area contributed by atoms with Gasteiger partial charge in [-0.1, -0.05) is 0 Å². The van der Waals surface area contributed by atoms with Crippen molar-refractivity contribution in [3.8, 4) is 0 Å². The number of nitrogens with one attached hydrogen (secondary N) is 1. The number of likely N-dealkylation sites (N-methyl/N-ethyl adjacent to an activating group) is 1. The molecule has 1 N–H and O–H groups in total. The Hall–Kier alpha value is -1.52. The van der Waals surface area contributed by atoms with Crippen molar-refractivity contribution in [2.75, 3.05) is 18.9 Å². The molecule has 5 nitrogen and oxygen atoms in total. The standard InChI is InChI=1S/C10H16N4O/c1-3-14-7-5-11-10(14)12-8-4-6-13(2)9(8)15/h5,7-8H,3-4,6H2,1-2H3,(H,11,12). The number of rotatable bonds is 3. The highest BCUT2D eigenvalue weighted by Gasteiger charge is 2.29. The van der Waals surface area contributed by atoms with Crippen molar-refractivity contribution in [3.05, 3.63) is 12.4 Å². The van der Waals surface area contributed by atoms with Crippen LogP contribution in [-0.4, -0.2) is 40.0 Å². The number of aromatic nitrogens is 2. The second kappa shape index (κ2) is 3.92. The van der Waals surface area contributed by atoms with Gasteiger partial charge in [-0.3, -0.25) is 4.79 Å². The average molecular weight is 208 g/mol. The molecule has 82 valence electrons. The molecule has 1 aromatic heterocycles. The summed E-state index contributed by atoms with van der Waals surface area (Å²) in [4.78, 5) is 17.6. The van der Waals surface area contributed by atoms with Crippen molar-refractivity contribution >= 4 is 11.9 Å². The molecule has 1 aromatic rings. The Kier molecular flexibility index (Phi) is 2.62. The first-order chi connectivity index (χ1) is 7.22. The lowest BCUT2D eigenvalue weighted by atomic mass is 10.2. The molecule has 0 radical (unpaired) electrons. The van der Waals surface area contributed by atoms with Gasteiger partial charge in [-0.05, 0) is 13.3 Å². The molecule has 15 heavy (non-hydrogen) atoms. The van der Waals surface area contributed by atoms with Crippen LogP contribution in [0, 0.1) is 0 Å². The Morgan fingerprint density at radius 2 is 2.47 bits per heavy atom. The third kappa shape index (κ3) is 1.82. The van der Waals surface area contributed by atoms with E-state index in [0.717, 1.165) is 25.5 Å². The minimum Gasteiger partial charge on any atom is -0.344 e. The van der Waals surface area contributed by atoms with E-state index in [9.17, 15) is 4.79 Å². The average Bonchev–Trinajstić information content (AvgIpc) is 2.80. The summed E-state index contributed by atoms with van der Waals surface area (Å²) in [6.07, 6.45) is 4.51. The zero-order valence-electron chi connectivity index (χ0n) is 9.10. The number of aryl methyl sites for hydroxylation is 1. The van der Waals surface area contributed by atoms with Crippen LogP contribution in [-0.2, 0) is 11.3 Å². The van der Waals surface area contributed by atoms with Gasteiger partial charge in [-0.2, -0.15) is 0 Å². The summed E-state index contributed by atoms with van der Waals surface area (Å²) >= 11 is 0. The monoisotopic (exact) mass is 208 g/mol. The maximum absolute atomic E-state index is 11.7. The molecule has 0 saturated carbocycles. The van der Waals surface area contributed by atoms with Gasteiger partial charge in [-0.15, -0.1) is 0 Å². The highest BCUT2D eigenvalue weighted by molar-refractivity contribution is 5.86. The van der Waals surface area contributed by atoms with Crippen LogP contribution >= 0.6 is 0 Å². The van der Waals surface area contributed by atoms with Crippen LogP contribution in [0.5, 0.6) is 0 Å². The molecule has 1 aliphatic rings. The first-order valence-electron chi connectivity index (χ1n) is 5.25. The predicted octanol–water partition coefficient (Wildman–Crippen LogP) is 0.546. The third-order valence-corrected chi connectivity index (χ3v) is 2.79. The maximum Gasteiger partial charge on any atom is 0.244 e. The maximum atomic E-state index is 11.7. The van der Waals surface area contributed by atoms with Crippen molar-refractivity contribution in [1.82, 2.24) is 14.5 Å². The number of anilines is 1. The Bertz CT molecular complexity index is 360. The van der Waals surface area contributed by atoms with Gasteiger partial charge in [0.05, 0.1) is 0 Å². The summed E-state index contributed by atoms with van der Waals surface area (Å²) in [5.74, 6) is 0.937. The number of carbonyl (C=O) groups is 1. The van der Waals surface area contributed by atoms with Crippen molar-refractivity contribution in [3.63, 3.8) is 0 Å². The van der Waals surface area contributed by atoms with E-state index in [0.29, 0.717) is 0 Å². The summed E-state index contributed by atoms with van der Waals surface area (Å²) in [5, 5.41) is 3.18. The zero-order valence-corrected chi connectivity index (χ0v) is 9.10. The third-order valence-electron chi connectivity index (χ3n) is 2.79. The Morgan fingerprint density at radius 1 is 1.67 bits per heavy atom. The van der Waals surface area contributed by atoms with Gasteiger partial charge < -0.3 is 14.8 Å². The second-order valence-corrected chi connectivity index (χ2v) is 3.78. The largest absolute Gasteiger partial charge is 0.344 e. The van der Waals surface area contributed by atoms with Crippen molar-refractivity contribution in [2.45, 2.75) is 25.9 Å². The molecule has 2 rings (SSSR count). The number of amides is 1. The van der Waals surface area contributed by atoms with Gasteiger partial charge in [0.25, 0.3) is 0 Å².